The van der Waals surface area contributed by atoms with Crippen LogP contribution in [0.2, 0.25) is 0 Å². The molecule has 1 amide bonds. The summed E-state index contributed by atoms with van der Waals surface area (Å²) in [6.45, 7) is 4.26. The maximum absolute atomic E-state index is 12.0. The average molecular weight is 205 g/mol. The molecule has 1 atom stereocenters. The predicted molar refractivity (Wildman–Crippen MR) is 58.6 cm³/mol. The summed E-state index contributed by atoms with van der Waals surface area (Å²) in [6.07, 6.45) is 3.45. The standard InChI is InChI=1S/C11H15N3O/c1-9-7-13-5-6-14(11(9)15)10-3-2-4-12-8-10/h2-4,8-9,13H,5-7H2,1H3. The molecule has 1 saturated heterocycles. The molecule has 15 heavy (non-hydrogen) atoms. The zero-order chi connectivity index (χ0) is 10.7. The van der Waals surface area contributed by atoms with E-state index in [2.05, 4.69) is 10.3 Å². The molecular weight excluding hydrogens is 190 g/mol. The van der Waals surface area contributed by atoms with E-state index >= 15 is 0 Å². The van der Waals surface area contributed by atoms with Crippen LogP contribution in [0.5, 0.6) is 0 Å². The van der Waals surface area contributed by atoms with Crippen molar-refractivity contribution < 1.29 is 4.79 Å². The minimum atomic E-state index is 0.0349. The number of carbonyl (C=O) groups is 1. The van der Waals surface area contributed by atoms with Crippen LogP contribution in [0, 0.1) is 5.92 Å². The Hall–Kier alpha value is -1.42. The number of nitrogens with one attached hydrogen (secondary N) is 1. The third-order valence-electron chi connectivity index (χ3n) is 2.61. The van der Waals surface area contributed by atoms with Crippen LogP contribution < -0.4 is 10.2 Å². The third-order valence-corrected chi connectivity index (χ3v) is 2.61. The minimum Gasteiger partial charge on any atom is -0.314 e. The van der Waals surface area contributed by atoms with E-state index in [0.717, 1.165) is 25.3 Å². The Morgan fingerprint density at radius 2 is 2.47 bits per heavy atom. The van der Waals surface area contributed by atoms with Crippen molar-refractivity contribution in [2.24, 2.45) is 5.92 Å². The molecule has 1 unspecified atom stereocenters. The molecule has 0 bridgehead atoms. The SMILES string of the molecule is CC1CNCCN(c2cccnc2)C1=O. The molecule has 4 heteroatoms. The summed E-state index contributed by atoms with van der Waals surface area (Å²) >= 11 is 0. The quantitative estimate of drug-likeness (QED) is 0.732. The van der Waals surface area contributed by atoms with Gasteiger partial charge in [-0.25, -0.2) is 0 Å². The second kappa shape index (κ2) is 4.40. The van der Waals surface area contributed by atoms with E-state index in [1.165, 1.54) is 0 Å². The van der Waals surface area contributed by atoms with E-state index in [1.807, 2.05) is 19.1 Å². The Labute approximate surface area is 89.3 Å². The maximum atomic E-state index is 12.0. The van der Waals surface area contributed by atoms with Crippen LogP contribution in [0.3, 0.4) is 0 Å². The van der Waals surface area contributed by atoms with Gasteiger partial charge in [-0.2, -0.15) is 0 Å². The molecule has 1 aromatic rings. The molecule has 2 rings (SSSR count). The van der Waals surface area contributed by atoms with Crippen LogP contribution in [0.15, 0.2) is 24.5 Å². The summed E-state index contributed by atoms with van der Waals surface area (Å²) < 4.78 is 0. The summed E-state index contributed by atoms with van der Waals surface area (Å²) in [4.78, 5) is 17.8. The molecule has 1 aliphatic rings. The zero-order valence-corrected chi connectivity index (χ0v) is 8.81. The van der Waals surface area contributed by atoms with Gasteiger partial charge in [0.25, 0.3) is 0 Å². The topological polar surface area (TPSA) is 45.2 Å². The van der Waals surface area contributed by atoms with Gasteiger partial charge in [-0.15, -0.1) is 0 Å². The van der Waals surface area contributed by atoms with Gasteiger partial charge >= 0.3 is 0 Å². The van der Waals surface area contributed by atoms with Crippen LogP contribution in [-0.2, 0) is 4.79 Å². The highest BCUT2D eigenvalue weighted by molar-refractivity contribution is 5.95. The molecule has 1 N–H and O–H groups in total. The number of rotatable bonds is 1. The number of amides is 1. The highest BCUT2D eigenvalue weighted by atomic mass is 16.2. The summed E-state index contributed by atoms with van der Waals surface area (Å²) in [5, 5.41) is 3.24. The van der Waals surface area contributed by atoms with Gasteiger partial charge in [-0.3, -0.25) is 9.78 Å². The van der Waals surface area contributed by atoms with Crippen LogP contribution in [0.25, 0.3) is 0 Å². The van der Waals surface area contributed by atoms with Crippen molar-refractivity contribution in [3.63, 3.8) is 0 Å². The van der Waals surface area contributed by atoms with E-state index in [1.54, 1.807) is 17.3 Å². The van der Waals surface area contributed by atoms with Crippen molar-refractivity contribution in [2.75, 3.05) is 24.5 Å². The molecule has 0 spiro atoms. The highest BCUT2D eigenvalue weighted by Crippen LogP contribution is 2.15. The number of nitrogens with zero attached hydrogens (tertiary/aromatic N) is 2. The lowest BCUT2D eigenvalue weighted by Gasteiger charge is -2.21. The van der Waals surface area contributed by atoms with E-state index in [4.69, 9.17) is 0 Å². The first kappa shape index (κ1) is 10.1. The lowest BCUT2D eigenvalue weighted by molar-refractivity contribution is -0.121. The molecule has 1 aromatic heterocycles. The molecule has 4 nitrogen and oxygen atoms in total. The van der Waals surface area contributed by atoms with Crippen molar-refractivity contribution in [3.05, 3.63) is 24.5 Å². The minimum absolute atomic E-state index is 0.0349. The maximum Gasteiger partial charge on any atom is 0.231 e. The Kier molecular flexibility index (Phi) is 2.97. The zero-order valence-electron chi connectivity index (χ0n) is 8.81. The van der Waals surface area contributed by atoms with Gasteiger partial charge in [0.05, 0.1) is 11.9 Å². The van der Waals surface area contributed by atoms with Crippen LogP contribution in [0.4, 0.5) is 5.69 Å². The molecule has 1 aliphatic heterocycles. The van der Waals surface area contributed by atoms with Crippen molar-refractivity contribution in [1.29, 1.82) is 0 Å². The number of aromatic nitrogens is 1. The first-order valence-electron chi connectivity index (χ1n) is 5.21. The van der Waals surface area contributed by atoms with Crippen LogP contribution in [0.1, 0.15) is 6.92 Å². The normalized spacial score (nSPS) is 22.6. The average Bonchev–Trinajstić information content (AvgIpc) is 2.44. The van der Waals surface area contributed by atoms with Gasteiger partial charge in [-0.05, 0) is 12.1 Å². The van der Waals surface area contributed by atoms with Crippen molar-refractivity contribution in [1.82, 2.24) is 10.3 Å². The smallest absolute Gasteiger partial charge is 0.231 e. The van der Waals surface area contributed by atoms with E-state index in [0.29, 0.717) is 0 Å². The summed E-state index contributed by atoms with van der Waals surface area (Å²) in [5.41, 5.74) is 0.887. The Bertz CT molecular complexity index is 339. The Balaban J connectivity index is 2.23. The largest absolute Gasteiger partial charge is 0.314 e. The van der Waals surface area contributed by atoms with Crippen LogP contribution >= 0.6 is 0 Å². The number of hydrogen-bond acceptors (Lipinski definition) is 3. The Morgan fingerprint density at radius 1 is 1.60 bits per heavy atom. The van der Waals surface area contributed by atoms with Gasteiger partial charge < -0.3 is 10.2 Å². The number of anilines is 1. The van der Waals surface area contributed by atoms with Gasteiger partial charge in [0.15, 0.2) is 0 Å². The first-order chi connectivity index (χ1) is 7.29. The fourth-order valence-electron chi connectivity index (χ4n) is 1.74. The fraction of sp³-hybridized carbons (Fsp3) is 0.455. The van der Waals surface area contributed by atoms with E-state index in [-0.39, 0.29) is 11.8 Å². The highest BCUT2D eigenvalue weighted by Gasteiger charge is 2.24. The second-order valence-corrected chi connectivity index (χ2v) is 3.81. The fourth-order valence-corrected chi connectivity index (χ4v) is 1.74. The lowest BCUT2D eigenvalue weighted by atomic mass is 10.1. The lowest BCUT2D eigenvalue weighted by Crippen LogP contribution is -2.35. The molecule has 0 aromatic carbocycles. The molecular formula is C11H15N3O. The van der Waals surface area contributed by atoms with Gasteiger partial charge in [-0.1, -0.05) is 6.92 Å². The number of pyridine rings is 1. The predicted octanol–water partition coefficient (Wildman–Crippen LogP) is 0.654. The summed E-state index contributed by atoms with van der Waals surface area (Å²) in [7, 11) is 0. The summed E-state index contributed by atoms with van der Waals surface area (Å²) in [5.74, 6) is 0.209. The molecule has 80 valence electrons. The molecule has 0 aliphatic carbocycles. The molecule has 0 radical (unpaired) electrons. The van der Waals surface area contributed by atoms with E-state index < -0.39 is 0 Å². The van der Waals surface area contributed by atoms with Crippen molar-refractivity contribution in [2.45, 2.75) is 6.92 Å². The van der Waals surface area contributed by atoms with Crippen molar-refractivity contribution >= 4 is 11.6 Å². The molecule has 1 fully saturated rings. The van der Waals surface area contributed by atoms with Gasteiger partial charge in [0.1, 0.15) is 0 Å². The second-order valence-electron chi connectivity index (χ2n) is 3.81. The van der Waals surface area contributed by atoms with Crippen LogP contribution in [-0.4, -0.2) is 30.5 Å². The van der Waals surface area contributed by atoms with E-state index in [9.17, 15) is 4.79 Å². The first-order valence-corrected chi connectivity index (χ1v) is 5.21. The molecule has 2 heterocycles. The summed E-state index contributed by atoms with van der Waals surface area (Å²) in [6, 6.07) is 3.77. The van der Waals surface area contributed by atoms with Crippen molar-refractivity contribution in [3.8, 4) is 0 Å². The molecule has 0 saturated carbocycles. The third kappa shape index (κ3) is 2.15. The number of carbonyl (C=O) groups excluding carboxylic acids is 1. The Morgan fingerprint density at radius 3 is 3.20 bits per heavy atom. The van der Waals surface area contributed by atoms with Gasteiger partial charge in [0.2, 0.25) is 5.91 Å². The van der Waals surface area contributed by atoms with Gasteiger partial charge in [0, 0.05) is 31.7 Å². The monoisotopic (exact) mass is 205 g/mol. The number of hydrogen-bond donors (Lipinski definition) is 1.